The van der Waals surface area contributed by atoms with E-state index in [1.54, 1.807) is 6.08 Å². The van der Waals surface area contributed by atoms with Gasteiger partial charge in [-0.3, -0.25) is 4.79 Å². The summed E-state index contributed by atoms with van der Waals surface area (Å²) in [6.07, 6.45) is 21.9. The first kappa shape index (κ1) is 26.5. The van der Waals surface area contributed by atoms with Gasteiger partial charge in [0.15, 0.2) is 5.78 Å². The summed E-state index contributed by atoms with van der Waals surface area (Å²) >= 11 is 2.03. The van der Waals surface area contributed by atoms with Gasteiger partial charge in [-0.05, 0) is 55.2 Å². The molecule has 1 atom stereocenters. The van der Waals surface area contributed by atoms with E-state index in [2.05, 4.69) is 25.3 Å². The van der Waals surface area contributed by atoms with E-state index in [0.29, 0.717) is 0 Å². The molecule has 0 N–H and O–H groups in total. The van der Waals surface area contributed by atoms with Crippen LogP contribution in [0.2, 0.25) is 0 Å². The second kappa shape index (κ2) is 16.8. The van der Waals surface area contributed by atoms with Crippen LogP contribution in [0, 0.1) is 0 Å². The van der Waals surface area contributed by atoms with E-state index in [1.165, 1.54) is 76.2 Å². The van der Waals surface area contributed by atoms with Gasteiger partial charge in [0, 0.05) is 10.8 Å². The third kappa shape index (κ3) is 11.2. The Kier molecular flexibility index (Phi) is 13.9. The molecule has 1 unspecified atom stereocenters. The molecule has 0 aliphatic heterocycles. The third-order valence-electron chi connectivity index (χ3n) is 6.14. The molecule has 0 fully saturated rings. The van der Waals surface area contributed by atoms with E-state index in [-0.39, 0.29) is 5.78 Å². The van der Waals surface area contributed by atoms with Crippen molar-refractivity contribution >= 4 is 23.6 Å². The molecule has 0 aliphatic carbocycles. The molecule has 0 bridgehead atoms. The van der Waals surface area contributed by atoms with Gasteiger partial charge in [-0.15, -0.1) is 0 Å². The summed E-state index contributed by atoms with van der Waals surface area (Å²) < 4.78 is 0. The highest BCUT2D eigenvalue weighted by molar-refractivity contribution is 7.99. The van der Waals surface area contributed by atoms with Gasteiger partial charge in [0.05, 0.1) is 0 Å². The molecular formula is C30H42OS. The summed E-state index contributed by atoms with van der Waals surface area (Å²) in [6, 6.07) is 18.2. The average molecular weight is 451 g/mol. The Morgan fingerprint density at radius 2 is 1.53 bits per heavy atom. The lowest BCUT2D eigenvalue weighted by Crippen LogP contribution is -2.03. The molecule has 0 saturated heterocycles. The minimum Gasteiger partial charge on any atom is -0.289 e. The molecule has 0 heterocycles. The molecule has 0 aliphatic rings. The quantitative estimate of drug-likeness (QED) is 0.136. The number of thioether (sulfide) groups is 1. The van der Waals surface area contributed by atoms with Crippen LogP contribution in [0.4, 0.5) is 0 Å². The van der Waals surface area contributed by atoms with Crippen molar-refractivity contribution < 1.29 is 4.79 Å². The number of carbonyl (C=O) groups excluding carboxylic acids is 1. The van der Waals surface area contributed by atoms with E-state index >= 15 is 0 Å². The van der Waals surface area contributed by atoms with Gasteiger partial charge in [0.1, 0.15) is 0 Å². The predicted octanol–water partition coefficient (Wildman–Crippen LogP) is 9.17. The zero-order valence-electron chi connectivity index (χ0n) is 20.2. The number of hydrogen-bond donors (Lipinski definition) is 0. The second-order valence-corrected chi connectivity index (χ2v) is 9.96. The maximum absolute atomic E-state index is 12.6. The van der Waals surface area contributed by atoms with Gasteiger partial charge in [0.2, 0.25) is 0 Å². The maximum atomic E-state index is 12.6. The van der Waals surface area contributed by atoms with E-state index in [9.17, 15) is 4.79 Å². The summed E-state index contributed by atoms with van der Waals surface area (Å²) in [4.78, 5) is 12.6. The normalized spacial score (nSPS) is 12.3. The number of ketones is 1. The van der Waals surface area contributed by atoms with E-state index in [4.69, 9.17) is 0 Å². The van der Waals surface area contributed by atoms with Crippen molar-refractivity contribution in [1.82, 2.24) is 0 Å². The Labute approximate surface area is 201 Å². The van der Waals surface area contributed by atoms with Crippen LogP contribution in [-0.2, 0) is 6.42 Å². The molecule has 2 aromatic carbocycles. The standard InChI is InChI=1S/C30H42OS/c1-3-4-5-6-7-8-9-13-21-29(32-2)22-15-19-27-18-14-20-28(25-27)30(31)24-23-26-16-11-10-12-17-26/h10-12,14,16-18,20,23-25,29H,3-9,13,15,19,21-22H2,1-2H3. The van der Waals surface area contributed by atoms with E-state index in [0.717, 1.165) is 22.8 Å². The van der Waals surface area contributed by atoms with Crippen LogP contribution in [-0.4, -0.2) is 17.3 Å². The molecule has 174 valence electrons. The maximum Gasteiger partial charge on any atom is 0.185 e. The Morgan fingerprint density at radius 1 is 0.844 bits per heavy atom. The Morgan fingerprint density at radius 3 is 2.25 bits per heavy atom. The lowest BCUT2D eigenvalue weighted by atomic mass is 10.0. The van der Waals surface area contributed by atoms with Crippen molar-refractivity contribution in [2.45, 2.75) is 89.2 Å². The fraction of sp³-hybridized carbons (Fsp3) is 0.500. The first-order valence-electron chi connectivity index (χ1n) is 12.6. The van der Waals surface area contributed by atoms with Crippen LogP contribution >= 0.6 is 11.8 Å². The monoisotopic (exact) mass is 450 g/mol. The largest absolute Gasteiger partial charge is 0.289 e. The van der Waals surface area contributed by atoms with Gasteiger partial charge < -0.3 is 0 Å². The number of carbonyl (C=O) groups is 1. The topological polar surface area (TPSA) is 17.1 Å². The Balaban J connectivity index is 1.68. The smallest absolute Gasteiger partial charge is 0.185 e. The first-order valence-corrected chi connectivity index (χ1v) is 13.9. The molecule has 2 heteroatoms. The molecule has 0 aromatic heterocycles. The fourth-order valence-electron chi connectivity index (χ4n) is 4.13. The number of allylic oxidation sites excluding steroid dienone is 1. The summed E-state index contributed by atoms with van der Waals surface area (Å²) in [5.74, 6) is 0.0763. The zero-order chi connectivity index (χ0) is 22.9. The third-order valence-corrected chi connectivity index (χ3v) is 7.28. The fourth-order valence-corrected chi connectivity index (χ4v) is 4.94. The van der Waals surface area contributed by atoms with Gasteiger partial charge in [-0.2, -0.15) is 11.8 Å². The van der Waals surface area contributed by atoms with Crippen molar-refractivity contribution in [3.8, 4) is 0 Å². The van der Waals surface area contributed by atoms with Gasteiger partial charge in [-0.1, -0.05) is 113 Å². The highest BCUT2D eigenvalue weighted by atomic mass is 32.2. The highest BCUT2D eigenvalue weighted by Crippen LogP contribution is 2.22. The van der Waals surface area contributed by atoms with Gasteiger partial charge in [0.25, 0.3) is 0 Å². The zero-order valence-corrected chi connectivity index (χ0v) is 21.0. The van der Waals surface area contributed by atoms with Crippen LogP contribution in [0.1, 0.15) is 99.0 Å². The van der Waals surface area contributed by atoms with Crippen LogP contribution in [0.15, 0.2) is 60.7 Å². The summed E-state index contributed by atoms with van der Waals surface area (Å²) in [5, 5.41) is 0.772. The molecule has 1 nitrogen and oxygen atoms in total. The van der Waals surface area contributed by atoms with E-state index in [1.807, 2.05) is 60.3 Å². The number of benzene rings is 2. The summed E-state index contributed by atoms with van der Waals surface area (Å²) in [6.45, 7) is 2.28. The van der Waals surface area contributed by atoms with Crippen molar-refractivity contribution in [2.75, 3.05) is 6.26 Å². The lowest BCUT2D eigenvalue weighted by Gasteiger charge is -2.14. The average Bonchev–Trinajstić information content (AvgIpc) is 2.84. The number of hydrogen-bond acceptors (Lipinski definition) is 2. The molecule has 2 aromatic rings. The highest BCUT2D eigenvalue weighted by Gasteiger charge is 2.08. The Bertz CT molecular complexity index is 780. The number of aryl methyl sites for hydroxylation is 1. The van der Waals surface area contributed by atoms with E-state index < -0.39 is 0 Å². The van der Waals surface area contributed by atoms with Crippen molar-refractivity contribution in [2.24, 2.45) is 0 Å². The van der Waals surface area contributed by atoms with Crippen molar-refractivity contribution in [3.05, 3.63) is 77.4 Å². The molecular weight excluding hydrogens is 408 g/mol. The molecule has 0 saturated carbocycles. The first-order chi connectivity index (χ1) is 15.7. The van der Waals surface area contributed by atoms with Crippen LogP contribution in [0.5, 0.6) is 0 Å². The predicted molar refractivity (Wildman–Crippen MR) is 144 cm³/mol. The number of rotatable bonds is 17. The Hall–Kier alpha value is -1.80. The van der Waals surface area contributed by atoms with Crippen LogP contribution in [0.25, 0.3) is 6.08 Å². The molecule has 32 heavy (non-hydrogen) atoms. The summed E-state index contributed by atoms with van der Waals surface area (Å²) in [5.41, 5.74) is 3.11. The molecule has 2 rings (SSSR count). The number of unbranched alkanes of at least 4 members (excludes halogenated alkanes) is 7. The lowest BCUT2D eigenvalue weighted by molar-refractivity contribution is 0.104. The minimum atomic E-state index is 0.0763. The molecule has 0 amide bonds. The summed E-state index contributed by atoms with van der Waals surface area (Å²) in [7, 11) is 0. The second-order valence-electron chi connectivity index (χ2n) is 8.82. The molecule has 0 radical (unpaired) electrons. The van der Waals surface area contributed by atoms with Gasteiger partial charge in [-0.25, -0.2) is 0 Å². The van der Waals surface area contributed by atoms with Gasteiger partial charge >= 0.3 is 0 Å². The SMILES string of the molecule is CCCCCCCCCCC(CCCc1cccc(C(=O)C=Cc2ccccc2)c1)SC. The molecule has 0 spiro atoms. The van der Waals surface area contributed by atoms with Crippen LogP contribution < -0.4 is 0 Å². The minimum absolute atomic E-state index is 0.0763. The van der Waals surface area contributed by atoms with Crippen molar-refractivity contribution in [3.63, 3.8) is 0 Å². The van der Waals surface area contributed by atoms with Crippen LogP contribution in [0.3, 0.4) is 0 Å². The van der Waals surface area contributed by atoms with Crippen molar-refractivity contribution in [1.29, 1.82) is 0 Å².